The van der Waals surface area contributed by atoms with E-state index in [-0.39, 0.29) is 22.7 Å². The summed E-state index contributed by atoms with van der Waals surface area (Å²) < 4.78 is 28.1. The predicted molar refractivity (Wildman–Crippen MR) is 99.9 cm³/mol. The van der Waals surface area contributed by atoms with Crippen LogP contribution in [0.15, 0.2) is 58.4 Å². The molecule has 0 fully saturated rings. The number of rotatable bonds is 3. The fourth-order valence-electron chi connectivity index (χ4n) is 3.70. The highest BCUT2D eigenvalue weighted by molar-refractivity contribution is 7.89. The molecule has 0 aromatic heterocycles. The molecule has 0 spiro atoms. The van der Waals surface area contributed by atoms with Crippen LogP contribution in [-0.2, 0) is 16.4 Å². The molecule has 2 aliphatic rings. The first-order chi connectivity index (χ1) is 12.8. The summed E-state index contributed by atoms with van der Waals surface area (Å²) >= 11 is 0. The third-order valence-electron chi connectivity index (χ3n) is 4.92. The van der Waals surface area contributed by atoms with E-state index in [1.165, 1.54) is 28.6 Å². The monoisotopic (exact) mass is 386 g/mol. The van der Waals surface area contributed by atoms with Crippen LogP contribution >= 0.6 is 0 Å². The normalized spacial score (nSPS) is 20.8. The van der Waals surface area contributed by atoms with Gasteiger partial charge in [0.25, 0.3) is 15.7 Å². The Labute approximate surface area is 156 Å². The van der Waals surface area contributed by atoms with Crippen molar-refractivity contribution in [2.24, 2.45) is 4.99 Å². The van der Waals surface area contributed by atoms with Crippen LogP contribution in [0.2, 0.25) is 0 Å². The van der Waals surface area contributed by atoms with Crippen molar-refractivity contribution in [2.75, 3.05) is 14.1 Å². The maximum absolute atomic E-state index is 13.4. The molecule has 1 aliphatic carbocycles. The van der Waals surface area contributed by atoms with Crippen molar-refractivity contribution in [1.82, 2.24) is 9.21 Å². The number of sulfonamides is 1. The van der Waals surface area contributed by atoms with Crippen molar-refractivity contribution < 1.29 is 13.3 Å². The van der Waals surface area contributed by atoms with Crippen LogP contribution in [0, 0.1) is 10.1 Å². The molecule has 27 heavy (non-hydrogen) atoms. The average Bonchev–Trinajstić information content (AvgIpc) is 3.18. The van der Waals surface area contributed by atoms with E-state index in [1.807, 2.05) is 24.3 Å². The average molecular weight is 386 g/mol. The van der Waals surface area contributed by atoms with Crippen molar-refractivity contribution in [3.05, 3.63) is 69.8 Å². The molecule has 2 aromatic carbocycles. The van der Waals surface area contributed by atoms with Gasteiger partial charge in [-0.3, -0.25) is 10.1 Å². The molecule has 0 amide bonds. The van der Waals surface area contributed by atoms with E-state index in [2.05, 4.69) is 0 Å². The van der Waals surface area contributed by atoms with Gasteiger partial charge in [-0.25, -0.2) is 17.7 Å². The van der Waals surface area contributed by atoms with Gasteiger partial charge in [-0.2, -0.15) is 0 Å². The second kappa shape index (κ2) is 6.05. The van der Waals surface area contributed by atoms with Crippen LogP contribution in [0.5, 0.6) is 0 Å². The van der Waals surface area contributed by atoms with Crippen LogP contribution in [-0.4, -0.2) is 48.6 Å². The first kappa shape index (κ1) is 17.5. The number of fused-ring (bicyclic) bond motifs is 3. The molecule has 4 rings (SSSR count). The van der Waals surface area contributed by atoms with E-state index in [0.29, 0.717) is 12.4 Å². The molecule has 0 saturated carbocycles. The SMILES string of the molecule is CN(C)C1=N[C@@H]2c3ccccc3C[C@@H]2N1S(=O)(=O)c1ccc([N+](=O)[O-])cc1. The third-order valence-corrected chi connectivity index (χ3v) is 6.74. The second-order valence-electron chi connectivity index (χ2n) is 6.79. The molecule has 0 N–H and O–H groups in total. The van der Waals surface area contributed by atoms with Crippen LogP contribution in [0.3, 0.4) is 0 Å². The minimum Gasteiger partial charge on any atom is -0.348 e. The van der Waals surface area contributed by atoms with E-state index >= 15 is 0 Å². The number of hydrogen-bond donors (Lipinski definition) is 0. The quantitative estimate of drug-likeness (QED) is 0.595. The highest BCUT2D eigenvalue weighted by Gasteiger charge is 2.48. The Kier molecular flexibility index (Phi) is 3.92. The summed E-state index contributed by atoms with van der Waals surface area (Å²) in [5, 5.41) is 10.9. The van der Waals surface area contributed by atoms with Crippen molar-refractivity contribution >= 4 is 21.7 Å². The molecule has 1 aliphatic heterocycles. The summed E-state index contributed by atoms with van der Waals surface area (Å²) in [5.41, 5.74) is 1.99. The van der Waals surface area contributed by atoms with E-state index in [0.717, 1.165) is 11.1 Å². The lowest BCUT2D eigenvalue weighted by molar-refractivity contribution is -0.384. The van der Waals surface area contributed by atoms with Gasteiger partial charge in [-0.15, -0.1) is 0 Å². The number of non-ortho nitro benzene ring substituents is 1. The van der Waals surface area contributed by atoms with Crippen LogP contribution in [0.25, 0.3) is 0 Å². The lowest BCUT2D eigenvalue weighted by Gasteiger charge is -2.29. The molecule has 2 aromatic rings. The molecule has 0 radical (unpaired) electrons. The van der Waals surface area contributed by atoms with Crippen LogP contribution in [0.4, 0.5) is 5.69 Å². The fraction of sp³-hybridized carbons (Fsp3) is 0.278. The van der Waals surface area contributed by atoms with Crippen molar-refractivity contribution in [3.8, 4) is 0 Å². The standard InChI is InChI=1S/C18H18N4O4S/c1-20(2)18-19-17-15-6-4-3-5-12(15)11-16(17)21(18)27(25,26)14-9-7-13(8-10-14)22(23)24/h3-10,16-17H,11H2,1-2H3/t16-,17+/m0/s1. The molecule has 2 atom stereocenters. The maximum Gasteiger partial charge on any atom is 0.269 e. The highest BCUT2D eigenvalue weighted by Crippen LogP contribution is 2.43. The summed E-state index contributed by atoms with van der Waals surface area (Å²) in [6.07, 6.45) is 0.577. The van der Waals surface area contributed by atoms with Gasteiger partial charge in [0, 0.05) is 26.2 Å². The minimum absolute atomic E-state index is 0.0132. The number of hydrogen-bond acceptors (Lipinski definition) is 6. The van der Waals surface area contributed by atoms with Crippen LogP contribution in [0.1, 0.15) is 17.2 Å². The third kappa shape index (κ3) is 2.66. The molecular formula is C18H18N4O4S. The van der Waals surface area contributed by atoms with Gasteiger partial charge in [0.1, 0.15) is 6.04 Å². The molecule has 1 heterocycles. The maximum atomic E-state index is 13.4. The lowest BCUT2D eigenvalue weighted by Crippen LogP contribution is -2.46. The van der Waals surface area contributed by atoms with E-state index < -0.39 is 14.9 Å². The highest BCUT2D eigenvalue weighted by atomic mass is 32.2. The Morgan fingerprint density at radius 2 is 1.81 bits per heavy atom. The predicted octanol–water partition coefficient (Wildman–Crippen LogP) is 2.18. The fourth-order valence-corrected chi connectivity index (χ4v) is 5.38. The molecule has 9 heteroatoms. The number of nitrogens with zero attached hydrogens (tertiary/aromatic N) is 4. The zero-order chi connectivity index (χ0) is 19.3. The molecule has 0 bridgehead atoms. The molecule has 0 unspecified atom stereocenters. The summed E-state index contributed by atoms with van der Waals surface area (Å²) in [6, 6.07) is 12.2. The summed E-state index contributed by atoms with van der Waals surface area (Å²) in [6.45, 7) is 0. The van der Waals surface area contributed by atoms with E-state index in [1.54, 1.807) is 19.0 Å². The number of guanidine groups is 1. The van der Waals surface area contributed by atoms with E-state index in [9.17, 15) is 18.5 Å². The largest absolute Gasteiger partial charge is 0.348 e. The summed E-state index contributed by atoms with van der Waals surface area (Å²) in [5.74, 6) is 0.373. The Bertz CT molecular complexity index is 1050. The molecule has 8 nitrogen and oxygen atoms in total. The van der Waals surface area contributed by atoms with Crippen molar-refractivity contribution in [1.29, 1.82) is 0 Å². The van der Waals surface area contributed by atoms with Crippen molar-refractivity contribution in [3.63, 3.8) is 0 Å². The lowest BCUT2D eigenvalue weighted by atomic mass is 10.1. The Hall–Kier alpha value is -2.94. The van der Waals surface area contributed by atoms with Gasteiger partial charge in [0.15, 0.2) is 0 Å². The Morgan fingerprint density at radius 3 is 2.44 bits per heavy atom. The second-order valence-corrected chi connectivity index (χ2v) is 8.61. The van der Waals surface area contributed by atoms with E-state index in [4.69, 9.17) is 4.99 Å². The van der Waals surface area contributed by atoms with Gasteiger partial charge in [0.05, 0.1) is 15.9 Å². The van der Waals surface area contributed by atoms with Gasteiger partial charge >= 0.3 is 0 Å². The Balaban J connectivity index is 1.77. The van der Waals surface area contributed by atoms with Gasteiger partial charge < -0.3 is 4.90 Å². The number of nitro benzene ring substituents is 1. The van der Waals surface area contributed by atoms with Gasteiger partial charge in [0.2, 0.25) is 5.96 Å². The van der Waals surface area contributed by atoms with Gasteiger partial charge in [-0.1, -0.05) is 24.3 Å². The molecular weight excluding hydrogens is 368 g/mol. The molecule has 140 valence electrons. The van der Waals surface area contributed by atoms with Crippen molar-refractivity contribution in [2.45, 2.75) is 23.4 Å². The first-order valence-electron chi connectivity index (χ1n) is 8.42. The zero-order valence-corrected chi connectivity index (χ0v) is 15.6. The van der Waals surface area contributed by atoms with Gasteiger partial charge in [-0.05, 0) is 29.7 Å². The topological polar surface area (TPSA) is 96.1 Å². The number of aliphatic imine (C=N–C) groups is 1. The minimum atomic E-state index is -3.91. The summed E-state index contributed by atoms with van der Waals surface area (Å²) in [4.78, 5) is 16.7. The smallest absolute Gasteiger partial charge is 0.269 e. The molecule has 0 saturated heterocycles. The Morgan fingerprint density at radius 1 is 1.15 bits per heavy atom. The number of nitro groups is 1. The summed E-state index contributed by atoms with van der Waals surface area (Å²) in [7, 11) is -0.401. The van der Waals surface area contributed by atoms with Crippen LogP contribution < -0.4 is 0 Å². The first-order valence-corrected chi connectivity index (χ1v) is 9.86. The number of benzene rings is 2. The zero-order valence-electron chi connectivity index (χ0n) is 14.8.